The summed E-state index contributed by atoms with van der Waals surface area (Å²) in [5.74, 6) is 0. The maximum absolute atomic E-state index is 5.53. The molecule has 1 aromatic heterocycles. The minimum absolute atomic E-state index is 0.553. The normalized spacial score (nSPS) is 21.3. The fourth-order valence-electron chi connectivity index (χ4n) is 2.22. The summed E-state index contributed by atoms with van der Waals surface area (Å²) in [4.78, 5) is 7.18. The van der Waals surface area contributed by atoms with Gasteiger partial charge in [-0.2, -0.15) is 0 Å². The van der Waals surface area contributed by atoms with Crippen LogP contribution in [0.3, 0.4) is 0 Å². The molecular weight excluding hydrogens is 246 g/mol. The third-order valence-electron chi connectivity index (χ3n) is 3.31. The molecule has 0 aromatic carbocycles. The molecular formula is C13H23N3OS. The highest BCUT2D eigenvalue weighted by atomic mass is 32.1. The summed E-state index contributed by atoms with van der Waals surface area (Å²) >= 11 is 1.76. The van der Waals surface area contributed by atoms with Gasteiger partial charge in [0.15, 0.2) is 0 Å². The number of morpholine rings is 1. The topological polar surface area (TPSA) is 37.4 Å². The smallest absolute Gasteiger partial charge is 0.107 e. The Labute approximate surface area is 113 Å². The van der Waals surface area contributed by atoms with Gasteiger partial charge in [-0.05, 0) is 13.0 Å². The van der Waals surface area contributed by atoms with Crippen molar-refractivity contribution in [3.05, 3.63) is 16.1 Å². The monoisotopic (exact) mass is 269 g/mol. The zero-order valence-corrected chi connectivity index (χ0v) is 12.1. The van der Waals surface area contributed by atoms with E-state index in [1.807, 2.05) is 0 Å². The van der Waals surface area contributed by atoms with Crippen molar-refractivity contribution in [3.8, 4) is 0 Å². The second-order valence-electron chi connectivity index (χ2n) is 4.62. The molecule has 2 heterocycles. The molecule has 2 rings (SSSR count). The van der Waals surface area contributed by atoms with Crippen LogP contribution in [0.4, 0.5) is 0 Å². The molecule has 4 nitrogen and oxygen atoms in total. The molecule has 0 aliphatic carbocycles. The highest BCUT2D eigenvalue weighted by Crippen LogP contribution is 2.16. The van der Waals surface area contributed by atoms with E-state index >= 15 is 0 Å². The van der Waals surface area contributed by atoms with E-state index in [1.54, 1.807) is 11.3 Å². The molecule has 1 aliphatic heterocycles. The standard InChI is InChI=1S/C13H23N3OS/c1-3-12-9-17-6-5-16(12)8-11-10-18-13(15-11)7-14-4-2/h10,12,14H,3-9H2,1-2H3. The Balaban J connectivity index is 1.89. The van der Waals surface area contributed by atoms with Crippen LogP contribution in [0, 0.1) is 0 Å². The maximum Gasteiger partial charge on any atom is 0.107 e. The maximum atomic E-state index is 5.53. The molecule has 5 heteroatoms. The summed E-state index contributed by atoms with van der Waals surface area (Å²) in [5.41, 5.74) is 1.20. The van der Waals surface area contributed by atoms with Gasteiger partial charge in [-0.25, -0.2) is 4.98 Å². The van der Waals surface area contributed by atoms with Gasteiger partial charge in [0.25, 0.3) is 0 Å². The second-order valence-corrected chi connectivity index (χ2v) is 5.56. The van der Waals surface area contributed by atoms with E-state index in [-0.39, 0.29) is 0 Å². The third-order valence-corrected chi connectivity index (χ3v) is 4.21. The lowest BCUT2D eigenvalue weighted by Crippen LogP contribution is -2.44. The summed E-state index contributed by atoms with van der Waals surface area (Å²) in [5, 5.41) is 6.69. The van der Waals surface area contributed by atoms with E-state index in [0.29, 0.717) is 6.04 Å². The minimum atomic E-state index is 0.553. The number of nitrogens with zero attached hydrogens (tertiary/aromatic N) is 2. The van der Waals surface area contributed by atoms with E-state index in [4.69, 9.17) is 4.74 Å². The molecule has 0 spiro atoms. The number of hydrogen-bond donors (Lipinski definition) is 1. The lowest BCUT2D eigenvalue weighted by atomic mass is 10.1. The van der Waals surface area contributed by atoms with Gasteiger partial charge in [-0.15, -0.1) is 11.3 Å². The van der Waals surface area contributed by atoms with Gasteiger partial charge in [0, 0.05) is 31.1 Å². The first kappa shape index (κ1) is 13.9. The summed E-state index contributed by atoms with van der Waals surface area (Å²) in [6.45, 7) is 9.94. The molecule has 0 radical (unpaired) electrons. The van der Waals surface area contributed by atoms with Crippen LogP contribution < -0.4 is 5.32 Å². The van der Waals surface area contributed by atoms with E-state index in [0.717, 1.165) is 45.8 Å². The molecule has 1 unspecified atom stereocenters. The lowest BCUT2D eigenvalue weighted by Gasteiger charge is -2.34. The SMILES string of the molecule is CCNCc1nc(CN2CCOCC2CC)cs1. The van der Waals surface area contributed by atoms with Crippen molar-refractivity contribution in [2.75, 3.05) is 26.3 Å². The van der Waals surface area contributed by atoms with Crippen molar-refractivity contribution in [1.29, 1.82) is 0 Å². The molecule has 0 amide bonds. The minimum Gasteiger partial charge on any atom is -0.378 e. The van der Waals surface area contributed by atoms with E-state index in [1.165, 1.54) is 10.7 Å². The predicted molar refractivity (Wildman–Crippen MR) is 74.8 cm³/mol. The van der Waals surface area contributed by atoms with Gasteiger partial charge in [0.05, 0.1) is 18.9 Å². The zero-order valence-electron chi connectivity index (χ0n) is 11.3. The number of hydrogen-bond acceptors (Lipinski definition) is 5. The molecule has 1 atom stereocenters. The number of ether oxygens (including phenoxy) is 1. The molecule has 0 bridgehead atoms. The number of thiazole rings is 1. The molecule has 0 saturated carbocycles. The van der Waals surface area contributed by atoms with Gasteiger partial charge in [0.1, 0.15) is 5.01 Å². The van der Waals surface area contributed by atoms with Crippen LogP contribution in [0.15, 0.2) is 5.38 Å². The largest absolute Gasteiger partial charge is 0.378 e. The van der Waals surface area contributed by atoms with Crippen LogP contribution in [0.5, 0.6) is 0 Å². The van der Waals surface area contributed by atoms with Crippen LogP contribution in [-0.2, 0) is 17.8 Å². The first-order valence-corrected chi connectivity index (χ1v) is 7.67. The van der Waals surface area contributed by atoms with Gasteiger partial charge in [-0.1, -0.05) is 13.8 Å². The predicted octanol–water partition coefficient (Wildman–Crippen LogP) is 1.86. The lowest BCUT2D eigenvalue weighted by molar-refractivity contribution is -0.0132. The molecule has 1 saturated heterocycles. The van der Waals surface area contributed by atoms with Crippen molar-refractivity contribution in [2.24, 2.45) is 0 Å². The fraction of sp³-hybridized carbons (Fsp3) is 0.769. The van der Waals surface area contributed by atoms with E-state index in [2.05, 4.69) is 34.4 Å². The Morgan fingerprint density at radius 1 is 1.56 bits per heavy atom. The highest BCUT2D eigenvalue weighted by molar-refractivity contribution is 7.09. The molecule has 1 aliphatic rings. The Bertz CT molecular complexity index is 356. The van der Waals surface area contributed by atoms with Crippen LogP contribution in [0.1, 0.15) is 31.0 Å². The van der Waals surface area contributed by atoms with Crippen molar-refractivity contribution in [3.63, 3.8) is 0 Å². The number of nitrogens with one attached hydrogen (secondary N) is 1. The first-order valence-electron chi connectivity index (χ1n) is 6.79. The third kappa shape index (κ3) is 3.75. The van der Waals surface area contributed by atoms with Crippen LogP contribution >= 0.6 is 11.3 Å². The fourth-order valence-corrected chi connectivity index (χ4v) is 2.97. The Morgan fingerprint density at radius 3 is 3.22 bits per heavy atom. The van der Waals surface area contributed by atoms with E-state index in [9.17, 15) is 0 Å². The quantitative estimate of drug-likeness (QED) is 0.855. The molecule has 1 aromatic rings. The van der Waals surface area contributed by atoms with Crippen molar-refractivity contribution in [1.82, 2.24) is 15.2 Å². The molecule has 1 fully saturated rings. The highest BCUT2D eigenvalue weighted by Gasteiger charge is 2.21. The van der Waals surface area contributed by atoms with Crippen molar-refractivity contribution in [2.45, 2.75) is 39.4 Å². The van der Waals surface area contributed by atoms with Crippen LogP contribution in [0.25, 0.3) is 0 Å². The molecule has 18 heavy (non-hydrogen) atoms. The van der Waals surface area contributed by atoms with Gasteiger partial charge >= 0.3 is 0 Å². The van der Waals surface area contributed by atoms with Crippen LogP contribution in [0.2, 0.25) is 0 Å². The second kappa shape index (κ2) is 7.19. The Kier molecular flexibility index (Phi) is 5.56. The Morgan fingerprint density at radius 2 is 2.44 bits per heavy atom. The number of rotatable bonds is 6. The summed E-state index contributed by atoms with van der Waals surface area (Å²) in [7, 11) is 0. The van der Waals surface area contributed by atoms with Crippen LogP contribution in [-0.4, -0.2) is 42.2 Å². The molecule has 1 N–H and O–H groups in total. The summed E-state index contributed by atoms with van der Waals surface area (Å²) in [6, 6.07) is 0.553. The Hall–Kier alpha value is -0.490. The first-order chi connectivity index (χ1) is 8.83. The van der Waals surface area contributed by atoms with Gasteiger partial charge in [0.2, 0.25) is 0 Å². The van der Waals surface area contributed by atoms with Gasteiger partial charge in [-0.3, -0.25) is 4.90 Å². The summed E-state index contributed by atoms with van der Waals surface area (Å²) in [6.07, 6.45) is 1.15. The average Bonchev–Trinajstić information content (AvgIpc) is 2.84. The van der Waals surface area contributed by atoms with E-state index < -0.39 is 0 Å². The van der Waals surface area contributed by atoms with Crippen molar-refractivity contribution >= 4 is 11.3 Å². The zero-order chi connectivity index (χ0) is 12.8. The molecule has 102 valence electrons. The van der Waals surface area contributed by atoms with Gasteiger partial charge < -0.3 is 10.1 Å². The number of aromatic nitrogens is 1. The van der Waals surface area contributed by atoms with Crippen molar-refractivity contribution < 1.29 is 4.74 Å². The average molecular weight is 269 g/mol. The summed E-state index contributed by atoms with van der Waals surface area (Å²) < 4.78 is 5.53.